The molecule has 1 saturated carbocycles. The molecule has 0 spiro atoms. The van der Waals surface area contributed by atoms with Crippen LogP contribution in [0.5, 0.6) is 0 Å². The number of rotatable bonds is 10. The molecule has 0 radical (unpaired) electrons. The maximum Gasteiger partial charge on any atom is 2.00 e. The third-order valence-corrected chi connectivity index (χ3v) is 4.79. The minimum absolute atomic E-state index is 0. The van der Waals surface area contributed by atoms with Crippen molar-refractivity contribution in [2.24, 2.45) is 17.8 Å². The summed E-state index contributed by atoms with van der Waals surface area (Å²) in [5.41, 5.74) is 7.09. The van der Waals surface area contributed by atoms with Crippen LogP contribution in [0.1, 0.15) is 52.4 Å². The van der Waals surface area contributed by atoms with Gasteiger partial charge in [-0.05, 0) is 32.5 Å². The number of carboxylic acids is 2. The standard InChI is InChI=1S/C11H21NO4.C7H13N.Pt/c1-3-12(4-2)8-6-5-7-9(10(13)14)11(15)16;1-6-3-2-4-7(6)5-8;/h9H,3-8H2,1-2H3,(H,13,14)(H,15,16);6-8H,1-5H2;/q;-2;+2. The SMILES string of the molecule is CCN(CC)CCCCC(C(=O)O)C(=O)O.[CH2-]C1CCCC1C[NH-].[Pt+2]. The summed E-state index contributed by atoms with van der Waals surface area (Å²) in [5.74, 6) is -2.52. The molecular weight excluding hydrogens is 503 g/mol. The van der Waals surface area contributed by atoms with Crippen molar-refractivity contribution < 1.29 is 40.9 Å². The van der Waals surface area contributed by atoms with E-state index in [2.05, 4.69) is 25.7 Å². The van der Waals surface area contributed by atoms with Gasteiger partial charge in [-0.1, -0.05) is 45.4 Å². The van der Waals surface area contributed by atoms with Crippen molar-refractivity contribution in [3.05, 3.63) is 12.7 Å². The van der Waals surface area contributed by atoms with E-state index >= 15 is 0 Å². The second-order valence-electron chi connectivity index (χ2n) is 6.41. The van der Waals surface area contributed by atoms with Crippen molar-refractivity contribution in [2.75, 3.05) is 26.2 Å². The van der Waals surface area contributed by atoms with Gasteiger partial charge in [-0.25, -0.2) is 0 Å². The molecule has 1 rings (SSSR count). The summed E-state index contributed by atoms with van der Waals surface area (Å²) in [7, 11) is 0. The van der Waals surface area contributed by atoms with Crippen molar-refractivity contribution in [3.8, 4) is 0 Å². The summed E-state index contributed by atoms with van der Waals surface area (Å²) < 4.78 is 0. The second-order valence-corrected chi connectivity index (χ2v) is 6.41. The number of unbranched alkanes of at least 4 members (excludes halogenated alkanes) is 1. The van der Waals surface area contributed by atoms with Gasteiger partial charge in [0.2, 0.25) is 0 Å². The molecule has 0 aromatic carbocycles. The van der Waals surface area contributed by atoms with Gasteiger partial charge < -0.3 is 27.8 Å². The monoisotopic (exact) mass is 537 g/mol. The Kier molecular flexibility index (Phi) is 16.9. The number of hydrogen-bond acceptors (Lipinski definition) is 3. The molecule has 150 valence electrons. The quantitative estimate of drug-likeness (QED) is 0.252. The first-order chi connectivity index (χ1) is 11.4. The molecule has 1 aliphatic carbocycles. The molecule has 6 nitrogen and oxygen atoms in total. The van der Waals surface area contributed by atoms with Gasteiger partial charge in [-0.15, -0.1) is 0 Å². The van der Waals surface area contributed by atoms with Crippen LogP contribution in [0, 0.1) is 24.7 Å². The van der Waals surface area contributed by atoms with E-state index in [1.54, 1.807) is 0 Å². The number of carbonyl (C=O) groups is 2. The third-order valence-electron chi connectivity index (χ3n) is 4.79. The number of hydrogen-bond donors (Lipinski definition) is 2. The summed E-state index contributed by atoms with van der Waals surface area (Å²) in [6, 6.07) is 0. The Morgan fingerprint density at radius 2 is 1.72 bits per heavy atom. The van der Waals surface area contributed by atoms with E-state index in [0.29, 0.717) is 24.8 Å². The number of aliphatic carboxylic acids is 2. The molecule has 2 atom stereocenters. The average Bonchev–Trinajstić information content (AvgIpc) is 2.96. The van der Waals surface area contributed by atoms with Crippen LogP contribution in [0.4, 0.5) is 0 Å². The zero-order valence-electron chi connectivity index (χ0n) is 15.5. The van der Waals surface area contributed by atoms with E-state index in [0.717, 1.165) is 26.1 Å². The van der Waals surface area contributed by atoms with Gasteiger partial charge in [0.05, 0.1) is 0 Å². The van der Waals surface area contributed by atoms with Crippen molar-refractivity contribution in [1.29, 1.82) is 0 Å². The molecule has 3 N–H and O–H groups in total. The fourth-order valence-electron chi connectivity index (χ4n) is 2.96. The van der Waals surface area contributed by atoms with E-state index in [1.165, 1.54) is 19.3 Å². The van der Waals surface area contributed by atoms with Crippen molar-refractivity contribution in [3.63, 3.8) is 0 Å². The number of nitrogens with one attached hydrogen (secondary N) is 1. The van der Waals surface area contributed by atoms with Crippen LogP contribution >= 0.6 is 0 Å². The Morgan fingerprint density at radius 3 is 2.04 bits per heavy atom. The average molecular weight is 538 g/mol. The molecule has 1 fully saturated rings. The molecule has 7 heteroatoms. The van der Waals surface area contributed by atoms with Crippen LogP contribution in [0.25, 0.3) is 5.73 Å². The second kappa shape index (κ2) is 15.8. The molecule has 0 aromatic heterocycles. The smallest absolute Gasteiger partial charge is 0.677 e. The zero-order valence-corrected chi connectivity index (χ0v) is 17.8. The summed E-state index contributed by atoms with van der Waals surface area (Å²) in [6.07, 6.45) is 5.50. The first-order valence-electron chi connectivity index (χ1n) is 9.02. The molecule has 25 heavy (non-hydrogen) atoms. The van der Waals surface area contributed by atoms with Crippen LogP contribution in [0.15, 0.2) is 0 Å². The van der Waals surface area contributed by atoms with E-state index in [9.17, 15) is 9.59 Å². The molecule has 0 aromatic rings. The van der Waals surface area contributed by atoms with Crippen LogP contribution in [0.3, 0.4) is 0 Å². The van der Waals surface area contributed by atoms with Crippen molar-refractivity contribution >= 4 is 11.9 Å². The Labute approximate surface area is 166 Å². The summed E-state index contributed by atoms with van der Waals surface area (Å²) in [4.78, 5) is 23.4. The largest absolute Gasteiger partial charge is 2.00 e. The van der Waals surface area contributed by atoms with Crippen LogP contribution in [0.2, 0.25) is 0 Å². The summed E-state index contributed by atoms with van der Waals surface area (Å²) in [5, 5.41) is 17.3. The fourth-order valence-corrected chi connectivity index (χ4v) is 2.96. The third kappa shape index (κ3) is 11.7. The van der Waals surface area contributed by atoms with Gasteiger partial charge in [0.15, 0.2) is 5.92 Å². The molecule has 0 heterocycles. The van der Waals surface area contributed by atoms with Crippen molar-refractivity contribution in [1.82, 2.24) is 4.90 Å². The van der Waals surface area contributed by atoms with Gasteiger partial charge >= 0.3 is 33.0 Å². The first kappa shape index (κ1) is 26.8. The predicted molar refractivity (Wildman–Crippen MR) is 95.8 cm³/mol. The Hall–Kier alpha value is -0.452. The number of carboxylic acid groups (broad SMARTS) is 2. The van der Waals surface area contributed by atoms with Crippen molar-refractivity contribution in [2.45, 2.75) is 52.4 Å². The summed E-state index contributed by atoms with van der Waals surface area (Å²) in [6.45, 7) is 11.5. The van der Waals surface area contributed by atoms with E-state index in [1.807, 2.05) is 0 Å². The van der Waals surface area contributed by atoms with Gasteiger partial charge in [0.1, 0.15) is 0 Å². The Morgan fingerprint density at radius 1 is 1.16 bits per heavy atom. The van der Waals surface area contributed by atoms with Gasteiger partial charge in [0, 0.05) is 0 Å². The molecule has 0 saturated heterocycles. The molecule has 0 aliphatic heterocycles. The predicted octanol–water partition coefficient (Wildman–Crippen LogP) is 3.57. The molecule has 1 aliphatic rings. The maximum absolute atomic E-state index is 10.6. The van der Waals surface area contributed by atoms with Crippen LogP contribution in [-0.4, -0.2) is 53.2 Å². The first-order valence-corrected chi connectivity index (χ1v) is 9.02. The number of nitrogens with zero attached hydrogens (tertiary/aromatic N) is 1. The zero-order chi connectivity index (χ0) is 18.5. The molecular formula is C18H34N2O4Pt. The Bertz CT molecular complexity index is 351. The van der Waals surface area contributed by atoms with Crippen LogP contribution in [-0.2, 0) is 30.7 Å². The van der Waals surface area contributed by atoms with Gasteiger partial charge in [-0.2, -0.15) is 12.5 Å². The topological polar surface area (TPSA) is 102 Å². The van der Waals surface area contributed by atoms with Gasteiger partial charge in [-0.3, -0.25) is 9.59 Å². The molecule has 0 bridgehead atoms. The molecule has 2 unspecified atom stereocenters. The van der Waals surface area contributed by atoms with E-state index < -0.39 is 17.9 Å². The minimum Gasteiger partial charge on any atom is -0.677 e. The van der Waals surface area contributed by atoms with E-state index in [-0.39, 0.29) is 27.5 Å². The normalized spacial score (nSPS) is 19.3. The Balaban J connectivity index is 0. The fraction of sp³-hybridized carbons (Fsp3) is 0.833. The maximum atomic E-state index is 10.6. The van der Waals surface area contributed by atoms with E-state index in [4.69, 9.17) is 15.9 Å². The summed E-state index contributed by atoms with van der Waals surface area (Å²) >= 11 is 0. The minimum atomic E-state index is -1.25. The molecule has 0 amide bonds. The van der Waals surface area contributed by atoms with Crippen LogP contribution < -0.4 is 0 Å². The van der Waals surface area contributed by atoms with Gasteiger partial charge in [0.25, 0.3) is 0 Å².